The summed E-state index contributed by atoms with van der Waals surface area (Å²) in [5.74, 6) is 3.62. The number of anilines is 1. The second-order valence-corrected chi connectivity index (χ2v) is 10.9. The molecule has 1 aliphatic heterocycles. The Labute approximate surface area is 193 Å². The number of hydrogen-bond donors (Lipinski definition) is 0. The molecule has 3 heterocycles. The third kappa shape index (κ3) is 3.49. The SMILES string of the molecule is Cc1ccccc1C(=O)N1CCN(c2nc(C3CC3)nc3sc4c(c23)CC[C@H](C)C4)CC1. The molecule has 3 aliphatic rings. The van der Waals surface area contributed by atoms with E-state index in [0.29, 0.717) is 5.92 Å². The molecule has 2 aromatic heterocycles. The highest BCUT2D eigenvalue weighted by molar-refractivity contribution is 7.19. The fourth-order valence-corrected chi connectivity index (χ4v) is 6.58. The van der Waals surface area contributed by atoms with Gasteiger partial charge in [-0.25, -0.2) is 9.97 Å². The van der Waals surface area contributed by atoms with Crippen LogP contribution in [0.25, 0.3) is 10.2 Å². The van der Waals surface area contributed by atoms with Crippen LogP contribution in [0.4, 0.5) is 5.82 Å². The average molecular weight is 447 g/mol. The fraction of sp³-hybridized carbons (Fsp3) is 0.500. The lowest BCUT2D eigenvalue weighted by atomic mass is 9.89. The van der Waals surface area contributed by atoms with Crippen molar-refractivity contribution in [1.29, 1.82) is 0 Å². The van der Waals surface area contributed by atoms with Gasteiger partial charge in [-0.1, -0.05) is 25.1 Å². The summed E-state index contributed by atoms with van der Waals surface area (Å²) in [4.78, 5) is 30.4. The number of carbonyl (C=O) groups excluding carboxylic acids is 1. The number of fused-ring (bicyclic) bond motifs is 3. The van der Waals surface area contributed by atoms with Gasteiger partial charge in [-0.15, -0.1) is 11.3 Å². The fourth-order valence-electron chi connectivity index (χ4n) is 5.20. The van der Waals surface area contributed by atoms with Crippen molar-refractivity contribution in [3.05, 3.63) is 51.7 Å². The maximum absolute atomic E-state index is 13.1. The zero-order valence-corrected chi connectivity index (χ0v) is 19.7. The van der Waals surface area contributed by atoms with E-state index in [1.165, 1.54) is 46.3 Å². The molecule has 0 N–H and O–H groups in total. The van der Waals surface area contributed by atoms with Crippen LogP contribution in [0.15, 0.2) is 24.3 Å². The highest BCUT2D eigenvalue weighted by Gasteiger charge is 2.32. The van der Waals surface area contributed by atoms with E-state index in [2.05, 4.69) is 11.8 Å². The first-order valence-corrected chi connectivity index (χ1v) is 12.8. The summed E-state index contributed by atoms with van der Waals surface area (Å²) in [7, 11) is 0. The Hall–Kier alpha value is -2.47. The Morgan fingerprint density at radius 3 is 2.59 bits per heavy atom. The van der Waals surface area contributed by atoms with Gasteiger partial charge in [0.05, 0.1) is 5.39 Å². The Balaban J connectivity index is 1.30. The molecule has 1 atom stereocenters. The standard InChI is InChI=1S/C26H30N4OS/c1-16-7-10-20-21(15-16)32-25-22(20)24(27-23(28-25)18-8-9-18)29-11-13-30(14-12-29)26(31)19-6-4-3-5-17(19)2/h3-6,16,18H,7-15H2,1-2H3/t16-/m0/s1. The van der Waals surface area contributed by atoms with Crippen molar-refractivity contribution < 1.29 is 4.79 Å². The van der Waals surface area contributed by atoms with E-state index in [-0.39, 0.29) is 5.91 Å². The van der Waals surface area contributed by atoms with E-state index in [1.54, 1.807) is 0 Å². The molecule has 6 heteroatoms. The lowest BCUT2D eigenvalue weighted by molar-refractivity contribution is 0.0746. The normalized spacial score (nSPS) is 21.1. The quantitative estimate of drug-likeness (QED) is 0.570. The van der Waals surface area contributed by atoms with Crippen LogP contribution < -0.4 is 4.90 Å². The number of nitrogens with zero attached hydrogens (tertiary/aromatic N) is 4. The summed E-state index contributed by atoms with van der Waals surface area (Å²) >= 11 is 1.90. The van der Waals surface area contributed by atoms with Crippen LogP contribution in [0.1, 0.15) is 64.3 Å². The molecule has 2 fully saturated rings. The minimum atomic E-state index is 0.149. The van der Waals surface area contributed by atoms with E-state index in [1.807, 2.05) is 47.4 Å². The summed E-state index contributed by atoms with van der Waals surface area (Å²) in [5, 5.41) is 1.31. The van der Waals surface area contributed by atoms with Crippen LogP contribution in [-0.4, -0.2) is 47.0 Å². The number of benzene rings is 1. The number of hydrogen-bond acceptors (Lipinski definition) is 5. The van der Waals surface area contributed by atoms with Gasteiger partial charge in [-0.2, -0.15) is 0 Å². The lowest BCUT2D eigenvalue weighted by Gasteiger charge is -2.36. The first-order chi connectivity index (χ1) is 15.6. The molecule has 5 nitrogen and oxygen atoms in total. The summed E-state index contributed by atoms with van der Waals surface area (Å²) in [6, 6.07) is 7.90. The Morgan fingerprint density at radius 1 is 1.06 bits per heavy atom. The summed E-state index contributed by atoms with van der Waals surface area (Å²) in [6.45, 7) is 7.51. The third-order valence-corrected chi connectivity index (χ3v) is 8.49. The number of aryl methyl sites for hydroxylation is 2. The first kappa shape index (κ1) is 20.2. The molecule has 6 rings (SSSR count). The van der Waals surface area contributed by atoms with Crippen molar-refractivity contribution in [2.75, 3.05) is 31.1 Å². The van der Waals surface area contributed by atoms with E-state index < -0.39 is 0 Å². The van der Waals surface area contributed by atoms with Gasteiger partial charge in [0.15, 0.2) is 0 Å². The number of piperazine rings is 1. The second-order valence-electron chi connectivity index (χ2n) is 9.81. The lowest BCUT2D eigenvalue weighted by Crippen LogP contribution is -2.49. The van der Waals surface area contributed by atoms with Crippen LogP contribution in [-0.2, 0) is 12.8 Å². The number of thiophene rings is 1. The molecule has 0 unspecified atom stereocenters. The molecule has 32 heavy (non-hydrogen) atoms. The van der Waals surface area contributed by atoms with Crippen LogP contribution in [0.2, 0.25) is 0 Å². The Kier molecular flexibility index (Phi) is 4.94. The minimum absolute atomic E-state index is 0.149. The van der Waals surface area contributed by atoms with Crippen molar-refractivity contribution in [1.82, 2.24) is 14.9 Å². The van der Waals surface area contributed by atoms with Gasteiger partial charge in [-0.05, 0) is 62.1 Å². The molecule has 1 amide bonds. The third-order valence-electron chi connectivity index (χ3n) is 7.34. The number of amides is 1. The summed E-state index contributed by atoms with van der Waals surface area (Å²) in [5.41, 5.74) is 3.37. The summed E-state index contributed by atoms with van der Waals surface area (Å²) in [6.07, 6.45) is 5.99. The largest absolute Gasteiger partial charge is 0.352 e. The highest BCUT2D eigenvalue weighted by Crippen LogP contribution is 2.44. The molecule has 166 valence electrons. The van der Waals surface area contributed by atoms with Gasteiger partial charge < -0.3 is 9.80 Å². The van der Waals surface area contributed by atoms with Crippen molar-refractivity contribution in [2.45, 2.75) is 51.9 Å². The number of aromatic nitrogens is 2. The number of rotatable bonds is 3. The average Bonchev–Trinajstić information content (AvgIpc) is 3.59. The molecule has 1 saturated heterocycles. The zero-order chi connectivity index (χ0) is 21.8. The monoisotopic (exact) mass is 446 g/mol. The van der Waals surface area contributed by atoms with Crippen molar-refractivity contribution in [3.8, 4) is 0 Å². The highest BCUT2D eigenvalue weighted by atomic mass is 32.1. The minimum Gasteiger partial charge on any atom is -0.352 e. The predicted octanol–water partition coefficient (Wildman–Crippen LogP) is 4.96. The van der Waals surface area contributed by atoms with Crippen LogP contribution in [0.5, 0.6) is 0 Å². The maximum Gasteiger partial charge on any atom is 0.254 e. The van der Waals surface area contributed by atoms with Gasteiger partial charge >= 0.3 is 0 Å². The van der Waals surface area contributed by atoms with Crippen LogP contribution in [0.3, 0.4) is 0 Å². The Morgan fingerprint density at radius 2 is 1.84 bits per heavy atom. The number of carbonyl (C=O) groups is 1. The van der Waals surface area contributed by atoms with Gasteiger partial charge in [0.1, 0.15) is 16.5 Å². The van der Waals surface area contributed by atoms with Crippen LogP contribution >= 0.6 is 11.3 Å². The van der Waals surface area contributed by atoms with Crippen molar-refractivity contribution in [3.63, 3.8) is 0 Å². The van der Waals surface area contributed by atoms with E-state index in [9.17, 15) is 4.79 Å². The van der Waals surface area contributed by atoms with Gasteiger partial charge in [-0.3, -0.25) is 4.79 Å². The summed E-state index contributed by atoms with van der Waals surface area (Å²) < 4.78 is 0. The van der Waals surface area contributed by atoms with Crippen molar-refractivity contribution in [2.24, 2.45) is 5.92 Å². The van der Waals surface area contributed by atoms with Crippen molar-refractivity contribution >= 4 is 33.3 Å². The second kappa shape index (κ2) is 7.84. The topological polar surface area (TPSA) is 49.3 Å². The molecule has 1 saturated carbocycles. The van der Waals surface area contributed by atoms with Gasteiger partial charge in [0.2, 0.25) is 0 Å². The van der Waals surface area contributed by atoms with Crippen LogP contribution in [0, 0.1) is 12.8 Å². The first-order valence-electron chi connectivity index (χ1n) is 12.0. The molecular formula is C26H30N4OS. The molecule has 2 aliphatic carbocycles. The Bertz CT molecular complexity index is 1190. The molecule has 1 aromatic carbocycles. The van der Waals surface area contributed by atoms with E-state index >= 15 is 0 Å². The van der Waals surface area contributed by atoms with Gasteiger partial charge in [0, 0.05) is 42.5 Å². The molecule has 3 aromatic rings. The van der Waals surface area contributed by atoms with E-state index in [4.69, 9.17) is 9.97 Å². The zero-order valence-electron chi connectivity index (χ0n) is 18.9. The van der Waals surface area contributed by atoms with Gasteiger partial charge in [0.25, 0.3) is 5.91 Å². The molecule has 0 bridgehead atoms. The maximum atomic E-state index is 13.1. The predicted molar refractivity (Wildman–Crippen MR) is 130 cm³/mol. The molecule has 0 spiro atoms. The van der Waals surface area contributed by atoms with E-state index in [0.717, 1.165) is 61.3 Å². The molecular weight excluding hydrogens is 416 g/mol. The molecule has 0 radical (unpaired) electrons. The smallest absolute Gasteiger partial charge is 0.254 e.